The molecule has 0 aromatic carbocycles. The molecular formula is C18H30N2O2. The van der Waals surface area contributed by atoms with E-state index in [4.69, 9.17) is 0 Å². The van der Waals surface area contributed by atoms with Crippen molar-refractivity contribution in [2.45, 2.75) is 58.8 Å². The normalized spacial score (nSPS) is 35.7. The maximum absolute atomic E-state index is 12.7. The average Bonchev–Trinajstić information content (AvgIpc) is 2.41. The Morgan fingerprint density at radius 2 is 1.45 bits per heavy atom. The molecule has 0 heterocycles. The zero-order chi connectivity index (χ0) is 15.7. The van der Waals surface area contributed by atoms with E-state index < -0.39 is 0 Å². The Morgan fingerprint density at radius 1 is 0.955 bits per heavy atom. The molecule has 0 spiro atoms. The predicted molar refractivity (Wildman–Crippen MR) is 86.1 cm³/mol. The Labute approximate surface area is 133 Å². The van der Waals surface area contributed by atoms with E-state index in [0.29, 0.717) is 25.4 Å². The fraction of sp³-hybridized carbons (Fsp3) is 0.889. The molecule has 4 fully saturated rings. The van der Waals surface area contributed by atoms with Crippen LogP contribution in [0, 0.1) is 29.1 Å². The van der Waals surface area contributed by atoms with Crippen molar-refractivity contribution in [1.82, 2.24) is 10.6 Å². The summed E-state index contributed by atoms with van der Waals surface area (Å²) in [6.07, 6.45) is 7.94. The highest BCUT2D eigenvalue weighted by Crippen LogP contribution is 2.60. The third kappa shape index (κ3) is 3.31. The number of carbonyl (C=O) groups excluding carboxylic acids is 2. The van der Waals surface area contributed by atoms with E-state index >= 15 is 0 Å². The van der Waals surface area contributed by atoms with E-state index in [-0.39, 0.29) is 17.2 Å². The third-order valence-electron chi connectivity index (χ3n) is 5.85. The molecule has 2 N–H and O–H groups in total. The molecule has 0 unspecified atom stereocenters. The zero-order valence-corrected chi connectivity index (χ0v) is 14.0. The molecule has 0 saturated heterocycles. The van der Waals surface area contributed by atoms with Crippen molar-refractivity contribution in [2.75, 3.05) is 13.1 Å². The van der Waals surface area contributed by atoms with Gasteiger partial charge >= 0.3 is 0 Å². The highest BCUT2D eigenvalue weighted by atomic mass is 16.2. The summed E-state index contributed by atoms with van der Waals surface area (Å²) in [5.41, 5.74) is -0.0727. The van der Waals surface area contributed by atoms with E-state index in [9.17, 15) is 9.59 Å². The highest BCUT2D eigenvalue weighted by molar-refractivity contribution is 5.83. The third-order valence-corrected chi connectivity index (χ3v) is 5.85. The molecule has 4 saturated carbocycles. The van der Waals surface area contributed by atoms with Gasteiger partial charge in [-0.05, 0) is 62.2 Å². The molecule has 4 bridgehead atoms. The minimum absolute atomic E-state index is 0.0727. The summed E-state index contributed by atoms with van der Waals surface area (Å²) < 4.78 is 0. The molecule has 4 rings (SSSR count). The van der Waals surface area contributed by atoms with Crippen LogP contribution >= 0.6 is 0 Å². The Balaban J connectivity index is 1.44. The lowest BCUT2D eigenvalue weighted by molar-refractivity contribution is -0.146. The standard InChI is InChI=1S/C18H30N2O2/c1-12(2)5-16(21)19-3-4-20-17(22)18-9-13-6-14(10-18)8-15(7-13)11-18/h12-15H,3-11H2,1-2H3,(H,19,21)(H,20,22). The van der Waals surface area contributed by atoms with Crippen molar-refractivity contribution < 1.29 is 9.59 Å². The number of nitrogens with one attached hydrogen (secondary N) is 2. The molecule has 0 atom stereocenters. The molecule has 4 heteroatoms. The molecule has 124 valence electrons. The first kappa shape index (κ1) is 15.8. The number of carbonyl (C=O) groups is 2. The molecule has 4 nitrogen and oxygen atoms in total. The van der Waals surface area contributed by atoms with Crippen molar-refractivity contribution in [3.05, 3.63) is 0 Å². The van der Waals surface area contributed by atoms with Crippen LogP contribution in [-0.4, -0.2) is 24.9 Å². The van der Waals surface area contributed by atoms with Crippen LogP contribution in [0.15, 0.2) is 0 Å². The second kappa shape index (κ2) is 6.21. The van der Waals surface area contributed by atoms with Gasteiger partial charge in [-0.3, -0.25) is 9.59 Å². The molecule has 4 aliphatic rings. The van der Waals surface area contributed by atoms with E-state index in [1.54, 1.807) is 0 Å². The summed E-state index contributed by atoms with van der Waals surface area (Å²) in [4.78, 5) is 24.3. The molecule has 0 aromatic heterocycles. The van der Waals surface area contributed by atoms with Crippen LogP contribution in [0.25, 0.3) is 0 Å². The number of hydrogen-bond donors (Lipinski definition) is 2. The van der Waals surface area contributed by atoms with Gasteiger partial charge in [-0.1, -0.05) is 13.8 Å². The molecule has 0 aliphatic heterocycles. The van der Waals surface area contributed by atoms with E-state index in [0.717, 1.165) is 37.0 Å². The largest absolute Gasteiger partial charge is 0.354 e. The SMILES string of the molecule is CC(C)CC(=O)NCCNC(=O)C12CC3CC(CC(C3)C1)C2. The fourth-order valence-corrected chi connectivity index (χ4v) is 5.40. The lowest BCUT2D eigenvalue weighted by atomic mass is 9.49. The van der Waals surface area contributed by atoms with Gasteiger partial charge < -0.3 is 10.6 Å². The van der Waals surface area contributed by atoms with Crippen LogP contribution in [0.5, 0.6) is 0 Å². The first-order valence-electron chi connectivity index (χ1n) is 9.02. The summed E-state index contributed by atoms with van der Waals surface area (Å²) in [7, 11) is 0. The number of hydrogen-bond acceptors (Lipinski definition) is 2. The Hall–Kier alpha value is -1.06. The minimum atomic E-state index is -0.0727. The summed E-state index contributed by atoms with van der Waals surface area (Å²) >= 11 is 0. The Bertz CT molecular complexity index is 409. The van der Waals surface area contributed by atoms with Gasteiger partial charge in [0.1, 0.15) is 0 Å². The molecule has 2 amide bonds. The second-order valence-corrected chi connectivity index (χ2v) is 8.40. The second-order valence-electron chi connectivity index (χ2n) is 8.40. The maximum Gasteiger partial charge on any atom is 0.226 e. The monoisotopic (exact) mass is 306 g/mol. The molecule has 0 radical (unpaired) electrons. The van der Waals surface area contributed by atoms with Crippen LogP contribution in [0.1, 0.15) is 58.8 Å². The first-order valence-corrected chi connectivity index (χ1v) is 9.02. The topological polar surface area (TPSA) is 58.2 Å². The lowest BCUT2D eigenvalue weighted by Crippen LogP contribution is -2.54. The minimum Gasteiger partial charge on any atom is -0.354 e. The van der Waals surface area contributed by atoms with E-state index in [1.165, 1.54) is 19.3 Å². The predicted octanol–water partition coefficient (Wildman–Crippen LogP) is 2.48. The van der Waals surface area contributed by atoms with Crippen molar-refractivity contribution in [2.24, 2.45) is 29.1 Å². The molecule has 0 aromatic rings. The molecule has 22 heavy (non-hydrogen) atoms. The van der Waals surface area contributed by atoms with Crippen LogP contribution in [0.2, 0.25) is 0 Å². The first-order chi connectivity index (χ1) is 10.5. The number of rotatable bonds is 6. The summed E-state index contributed by atoms with van der Waals surface area (Å²) in [5, 5.41) is 5.98. The van der Waals surface area contributed by atoms with Crippen molar-refractivity contribution >= 4 is 11.8 Å². The van der Waals surface area contributed by atoms with Gasteiger partial charge in [0.15, 0.2) is 0 Å². The van der Waals surface area contributed by atoms with Crippen LogP contribution in [0.3, 0.4) is 0 Å². The zero-order valence-electron chi connectivity index (χ0n) is 14.0. The quantitative estimate of drug-likeness (QED) is 0.741. The summed E-state index contributed by atoms with van der Waals surface area (Å²) in [5.74, 6) is 3.10. The van der Waals surface area contributed by atoms with Crippen molar-refractivity contribution in [3.8, 4) is 0 Å². The number of amides is 2. The Morgan fingerprint density at radius 3 is 1.95 bits per heavy atom. The molecular weight excluding hydrogens is 276 g/mol. The van der Waals surface area contributed by atoms with Gasteiger partial charge in [0.05, 0.1) is 0 Å². The van der Waals surface area contributed by atoms with Crippen LogP contribution < -0.4 is 10.6 Å². The van der Waals surface area contributed by atoms with Gasteiger partial charge in [-0.15, -0.1) is 0 Å². The van der Waals surface area contributed by atoms with Gasteiger partial charge in [0.25, 0.3) is 0 Å². The lowest BCUT2D eigenvalue weighted by Gasteiger charge is -2.55. The summed E-state index contributed by atoms with van der Waals surface area (Å²) in [6, 6.07) is 0. The summed E-state index contributed by atoms with van der Waals surface area (Å²) in [6.45, 7) is 5.18. The van der Waals surface area contributed by atoms with Crippen LogP contribution in [0.4, 0.5) is 0 Å². The van der Waals surface area contributed by atoms with Gasteiger partial charge in [0, 0.05) is 24.9 Å². The van der Waals surface area contributed by atoms with Crippen LogP contribution in [-0.2, 0) is 9.59 Å². The van der Waals surface area contributed by atoms with E-state index in [1.807, 2.05) is 13.8 Å². The molecule has 4 aliphatic carbocycles. The smallest absolute Gasteiger partial charge is 0.226 e. The highest BCUT2D eigenvalue weighted by Gasteiger charge is 2.54. The van der Waals surface area contributed by atoms with Gasteiger partial charge in [0.2, 0.25) is 11.8 Å². The maximum atomic E-state index is 12.7. The fourth-order valence-electron chi connectivity index (χ4n) is 5.40. The Kier molecular flexibility index (Phi) is 4.47. The van der Waals surface area contributed by atoms with Gasteiger partial charge in [-0.25, -0.2) is 0 Å². The van der Waals surface area contributed by atoms with Crippen molar-refractivity contribution in [3.63, 3.8) is 0 Å². The van der Waals surface area contributed by atoms with Crippen molar-refractivity contribution in [1.29, 1.82) is 0 Å². The average molecular weight is 306 g/mol. The van der Waals surface area contributed by atoms with Gasteiger partial charge in [-0.2, -0.15) is 0 Å². The van der Waals surface area contributed by atoms with E-state index in [2.05, 4.69) is 10.6 Å².